The third-order valence-electron chi connectivity index (χ3n) is 7.93. The highest BCUT2D eigenvalue weighted by Crippen LogP contribution is 2.41. The smallest absolute Gasteiger partial charge is 0.410 e. The maximum atomic E-state index is 13.6. The number of carboxylic acid groups (broad SMARTS) is 1. The van der Waals surface area contributed by atoms with E-state index >= 15 is 0 Å². The highest BCUT2D eigenvalue weighted by molar-refractivity contribution is 7.21. The van der Waals surface area contributed by atoms with Crippen molar-refractivity contribution < 1.29 is 54.1 Å². The second-order valence-corrected chi connectivity index (χ2v) is 12.5. The van der Waals surface area contributed by atoms with E-state index in [1.807, 2.05) is 6.07 Å². The van der Waals surface area contributed by atoms with Gasteiger partial charge in [-0.25, -0.2) is 9.59 Å². The molecule has 47 heavy (non-hydrogen) atoms. The van der Waals surface area contributed by atoms with Crippen molar-refractivity contribution in [1.82, 2.24) is 4.90 Å². The Morgan fingerprint density at radius 1 is 1.04 bits per heavy atom. The molecule has 14 heteroatoms. The van der Waals surface area contributed by atoms with Crippen LogP contribution in [0, 0.1) is 18.3 Å². The first-order chi connectivity index (χ1) is 22.3. The molecule has 2 unspecified atom stereocenters. The Bertz CT molecular complexity index is 1620. The fraction of sp³-hybridized carbons (Fsp3) is 0.424. The standard InChI is InChI=1S/C33H38N2O11S/c1-6-10-21(46-33(43)35(5)25(17(2)3)30(40)34(4)18-11-8-7-9-12-18)19-13-14-22(20-15-24(31(41)42)47-29(19)20)44-32-28(39)27(38)26(37)23(16-36)45-32/h1,7-9,11-15,17,21,23,25-28,32,36-39H,10,16H2,2-5H3,(H,41,42)/t21?,23-,25?,26+,27+,28-,32-/m1/s1. The van der Waals surface area contributed by atoms with Crippen molar-refractivity contribution in [3.8, 4) is 18.1 Å². The lowest BCUT2D eigenvalue weighted by atomic mass is 9.99. The van der Waals surface area contributed by atoms with Crippen LogP contribution in [0.25, 0.3) is 10.1 Å². The van der Waals surface area contributed by atoms with Crippen LogP contribution in [0.4, 0.5) is 10.5 Å². The number of anilines is 1. The van der Waals surface area contributed by atoms with Gasteiger partial charge in [-0.15, -0.1) is 23.7 Å². The van der Waals surface area contributed by atoms with Gasteiger partial charge in [0.25, 0.3) is 0 Å². The number of amides is 2. The first-order valence-corrected chi connectivity index (χ1v) is 15.6. The quantitative estimate of drug-likeness (QED) is 0.189. The number of aliphatic hydroxyl groups is 4. The maximum Gasteiger partial charge on any atom is 0.410 e. The highest BCUT2D eigenvalue weighted by Gasteiger charge is 2.45. The van der Waals surface area contributed by atoms with Crippen LogP contribution in [0.15, 0.2) is 48.5 Å². The molecule has 0 spiro atoms. The lowest BCUT2D eigenvalue weighted by molar-refractivity contribution is -0.277. The number of fused-ring (bicyclic) bond motifs is 1. The van der Waals surface area contributed by atoms with Crippen molar-refractivity contribution >= 4 is 45.1 Å². The average molecular weight is 671 g/mol. The summed E-state index contributed by atoms with van der Waals surface area (Å²) in [5, 5.41) is 50.4. The normalized spacial score (nSPS) is 22.3. The van der Waals surface area contributed by atoms with Crippen LogP contribution >= 0.6 is 11.3 Å². The summed E-state index contributed by atoms with van der Waals surface area (Å²) in [7, 11) is 3.08. The zero-order chi connectivity index (χ0) is 34.6. The van der Waals surface area contributed by atoms with Gasteiger partial charge in [0.15, 0.2) is 0 Å². The van der Waals surface area contributed by atoms with E-state index in [0.717, 1.165) is 11.3 Å². The van der Waals surface area contributed by atoms with Gasteiger partial charge >= 0.3 is 12.1 Å². The van der Waals surface area contributed by atoms with Crippen molar-refractivity contribution in [2.24, 2.45) is 5.92 Å². The third-order valence-corrected chi connectivity index (χ3v) is 9.11. The number of nitrogens with zero attached hydrogens (tertiary/aromatic N) is 2. The summed E-state index contributed by atoms with van der Waals surface area (Å²) >= 11 is 0.876. The second-order valence-electron chi connectivity index (χ2n) is 11.4. The third kappa shape index (κ3) is 7.51. The number of carbonyl (C=O) groups excluding carboxylic acids is 2. The number of terminal acetylenes is 1. The van der Waals surface area contributed by atoms with E-state index in [-0.39, 0.29) is 34.3 Å². The number of hydrogen-bond acceptors (Lipinski definition) is 11. The Labute approximate surface area is 275 Å². The van der Waals surface area contributed by atoms with Gasteiger partial charge in [-0.05, 0) is 30.2 Å². The van der Waals surface area contributed by atoms with E-state index in [9.17, 15) is 39.9 Å². The molecule has 1 aliphatic heterocycles. The number of carbonyl (C=O) groups is 3. The minimum atomic E-state index is -1.71. The van der Waals surface area contributed by atoms with E-state index in [0.29, 0.717) is 16.0 Å². The molecule has 13 nitrogen and oxygen atoms in total. The van der Waals surface area contributed by atoms with Crippen molar-refractivity contribution in [2.75, 3.05) is 25.6 Å². The van der Waals surface area contributed by atoms with Gasteiger partial charge in [0.05, 0.1) is 13.0 Å². The van der Waals surface area contributed by atoms with Gasteiger partial charge in [0, 0.05) is 35.4 Å². The van der Waals surface area contributed by atoms with E-state index in [1.54, 1.807) is 45.2 Å². The molecule has 1 aromatic heterocycles. The lowest BCUT2D eigenvalue weighted by Gasteiger charge is -2.39. The molecule has 5 N–H and O–H groups in total. The van der Waals surface area contributed by atoms with Gasteiger partial charge in [-0.3, -0.25) is 9.69 Å². The fourth-order valence-corrected chi connectivity index (χ4v) is 6.46. The Kier molecular flexibility index (Phi) is 11.5. The number of para-hydroxylation sites is 1. The predicted molar refractivity (Wildman–Crippen MR) is 172 cm³/mol. The van der Waals surface area contributed by atoms with E-state index in [2.05, 4.69) is 5.92 Å². The number of aromatic carboxylic acids is 1. The zero-order valence-corrected chi connectivity index (χ0v) is 27.0. The van der Waals surface area contributed by atoms with Crippen LogP contribution in [-0.2, 0) is 14.3 Å². The van der Waals surface area contributed by atoms with Crippen LogP contribution in [0.1, 0.15) is 41.6 Å². The summed E-state index contributed by atoms with van der Waals surface area (Å²) in [5.41, 5.74) is 1.02. The maximum absolute atomic E-state index is 13.6. The van der Waals surface area contributed by atoms with Crippen molar-refractivity contribution in [2.45, 2.75) is 63.1 Å². The van der Waals surface area contributed by atoms with E-state index in [1.165, 1.54) is 35.0 Å². The molecular formula is C33H38N2O11S. The van der Waals surface area contributed by atoms with Crippen molar-refractivity contribution in [3.05, 3.63) is 59.0 Å². The molecule has 252 valence electrons. The van der Waals surface area contributed by atoms with Gasteiger partial charge in [-0.2, -0.15) is 0 Å². The van der Waals surface area contributed by atoms with E-state index in [4.69, 9.17) is 20.6 Å². The molecular weight excluding hydrogens is 632 g/mol. The molecule has 1 saturated heterocycles. The van der Waals surface area contributed by atoms with Crippen LogP contribution in [0.2, 0.25) is 0 Å². The Hall–Kier alpha value is -4.23. The molecule has 0 aliphatic carbocycles. The number of aliphatic hydroxyl groups excluding tert-OH is 4. The first-order valence-electron chi connectivity index (χ1n) is 14.8. The number of rotatable bonds is 11. The topological polar surface area (TPSA) is 187 Å². The molecule has 1 aliphatic rings. The molecule has 2 heterocycles. The summed E-state index contributed by atoms with van der Waals surface area (Å²) < 4.78 is 17.5. The summed E-state index contributed by atoms with van der Waals surface area (Å²) in [6.07, 6.45) is -4.08. The minimum absolute atomic E-state index is 0.0501. The number of benzene rings is 2. The van der Waals surface area contributed by atoms with Crippen LogP contribution in [-0.4, -0.2) is 106 Å². The number of hydrogen-bond donors (Lipinski definition) is 5. The average Bonchev–Trinajstić information content (AvgIpc) is 3.51. The molecule has 2 aromatic carbocycles. The highest BCUT2D eigenvalue weighted by atomic mass is 32.1. The monoisotopic (exact) mass is 670 g/mol. The number of thiophene rings is 1. The molecule has 1 fully saturated rings. The number of ether oxygens (including phenoxy) is 3. The second kappa shape index (κ2) is 15.1. The van der Waals surface area contributed by atoms with Crippen molar-refractivity contribution in [3.63, 3.8) is 0 Å². The van der Waals surface area contributed by atoms with E-state index < -0.39 is 61.5 Å². The molecule has 0 bridgehead atoms. The Morgan fingerprint density at radius 2 is 1.72 bits per heavy atom. The fourth-order valence-electron chi connectivity index (χ4n) is 5.39. The summed E-state index contributed by atoms with van der Waals surface area (Å²) in [6, 6.07) is 12.4. The van der Waals surface area contributed by atoms with Gasteiger partial charge in [0.2, 0.25) is 12.2 Å². The predicted octanol–water partition coefficient (Wildman–Crippen LogP) is 2.60. The van der Waals surface area contributed by atoms with Crippen LogP contribution in [0.5, 0.6) is 5.75 Å². The molecule has 7 atom stereocenters. The summed E-state index contributed by atoms with van der Waals surface area (Å²) in [5.74, 6) is 0.673. The summed E-state index contributed by atoms with van der Waals surface area (Å²) in [6.45, 7) is 2.95. The zero-order valence-electron chi connectivity index (χ0n) is 26.2. The largest absolute Gasteiger partial charge is 0.477 e. The molecule has 2 amide bonds. The van der Waals surface area contributed by atoms with Crippen LogP contribution in [0.3, 0.4) is 0 Å². The Morgan fingerprint density at radius 3 is 2.32 bits per heavy atom. The van der Waals surface area contributed by atoms with Crippen molar-refractivity contribution in [1.29, 1.82) is 0 Å². The lowest BCUT2D eigenvalue weighted by Crippen LogP contribution is -2.60. The molecule has 4 rings (SSSR count). The first kappa shape index (κ1) is 35.6. The summed E-state index contributed by atoms with van der Waals surface area (Å²) in [4.78, 5) is 41.7. The van der Waals surface area contributed by atoms with Crippen LogP contribution < -0.4 is 9.64 Å². The Balaban J connectivity index is 1.65. The number of likely N-dealkylation sites (N-methyl/N-ethyl adjacent to an activating group) is 2. The minimum Gasteiger partial charge on any atom is -0.477 e. The number of carboxylic acids is 1. The van der Waals surface area contributed by atoms with Gasteiger partial charge in [0.1, 0.15) is 47.2 Å². The molecule has 3 aromatic rings. The van der Waals surface area contributed by atoms with Gasteiger partial charge < -0.3 is 44.6 Å². The SMILES string of the molecule is C#CCC(OC(=O)N(C)C(C(=O)N(C)c1ccccc1)C(C)C)c1ccc(O[C@@H]2O[C@H](CO)[C@H](O)[C@H](O)[C@H]2O)c2cc(C(=O)O)sc12. The molecule has 0 saturated carbocycles. The molecule has 0 radical (unpaired) electrons. The van der Waals surface area contributed by atoms with Gasteiger partial charge in [-0.1, -0.05) is 38.1 Å².